The van der Waals surface area contributed by atoms with Crippen LogP contribution in [0.15, 0.2) is 4.99 Å². The van der Waals surface area contributed by atoms with E-state index >= 15 is 0 Å². The van der Waals surface area contributed by atoms with Gasteiger partial charge < -0.3 is 15.1 Å². The molecule has 0 spiro atoms. The van der Waals surface area contributed by atoms with Crippen molar-refractivity contribution in [1.29, 1.82) is 0 Å². The normalized spacial score (nSPS) is 18.9. The number of likely N-dealkylation sites (tertiary alicyclic amines) is 1. The number of carbonyl (C=O) groups is 1. The van der Waals surface area contributed by atoms with Crippen molar-refractivity contribution in [1.82, 2.24) is 15.1 Å². The van der Waals surface area contributed by atoms with Gasteiger partial charge in [0.2, 0.25) is 5.91 Å². The lowest BCUT2D eigenvalue weighted by atomic mass is 9.97. The van der Waals surface area contributed by atoms with Gasteiger partial charge in [-0.15, -0.1) is 0 Å². The lowest BCUT2D eigenvalue weighted by molar-refractivity contribution is -0.127. The Kier molecular flexibility index (Phi) is 8.28. The van der Waals surface area contributed by atoms with Gasteiger partial charge in [0.1, 0.15) is 6.54 Å². The predicted molar refractivity (Wildman–Crippen MR) is 93.0 cm³/mol. The monoisotopic (exact) mass is 310 g/mol. The van der Waals surface area contributed by atoms with E-state index in [-0.39, 0.29) is 12.5 Å². The molecule has 1 aliphatic rings. The molecule has 5 nitrogen and oxygen atoms in total. The Bertz CT molecular complexity index is 366. The van der Waals surface area contributed by atoms with Gasteiger partial charge in [0.05, 0.1) is 0 Å². The summed E-state index contributed by atoms with van der Waals surface area (Å²) in [4.78, 5) is 20.2. The average Bonchev–Trinajstić information content (AvgIpc) is 2.89. The number of aliphatic imine (C=N–C) groups is 1. The second-order valence-electron chi connectivity index (χ2n) is 6.94. The molecule has 1 atom stereocenters. The van der Waals surface area contributed by atoms with Crippen molar-refractivity contribution in [3.63, 3.8) is 0 Å². The second kappa shape index (κ2) is 9.70. The molecule has 0 aliphatic carbocycles. The minimum atomic E-state index is 0.0488. The van der Waals surface area contributed by atoms with Crippen LogP contribution in [0.25, 0.3) is 0 Å². The molecule has 0 aromatic heterocycles. The Labute approximate surface area is 136 Å². The van der Waals surface area contributed by atoms with Crippen molar-refractivity contribution in [2.45, 2.75) is 46.5 Å². The van der Waals surface area contributed by atoms with Crippen molar-refractivity contribution in [3.8, 4) is 0 Å². The molecule has 1 N–H and O–H groups in total. The van der Waals surface area contributed by atoms with Crippen molar-refractivity contribution >= 4 is 11.9 Å². The molecule has 1 unspecified atom stereocenters. The molecule has 0 saturated carbocycles. The number of guanidine groups is 1. The van der Waals surface area contributed by atoms with Crippen LogP contribution in [0.5, 0.6) is 0 Å². The summed E-state index contributed by atoms with van der Waals surface area (Å²) in [6, 6.07) is 0. The molecule has 5 heteroatoms. The Morgan fingerprint density at radius 3 is 2.73 bits per heavy atom. The highest BCUT2D eigenvalue weighted by molar-refractivity contribution is 5.85. The Morgan fingerprint density at radius 2 is 2.14 bits per heavy atom. The fourth-order valence-electron chi connectivity index (χ4n) is 2.81. The molecule has 1 heterocycles. The Hall–Kier alpha value is -1.26. The molecular formula is C17H34N4O. The van der Waals surface area contributed by atoms with Crippen LogP contribution in [-0.2, 0) is 4.79 Å². The number of hydrogen-bond donors (Lipinski definition) is 1. The van der Waals surface area contributed by atoms with E-state index in [9.17, 15) is 4.79 Å². The van der Waals surface area contributed by atoms with Crippen LogP contribution in [0, 0.1) is 11.8 Å². The molecular weight excluding hydrogens is 276 g/mol. The quantitative estimate of drug-likeness (QED) is 0.445. The van der Waals surface area contributed by atoms with Crippen LogP contribution in [0.3, 0.4) is 0 Å². The minimum absolute atomic E-state index is 0.0488. The van der Waals surface area contributed by atoms with E-state index in [1.807, 2.05) is 0 Å². The number of amides is 1. The standard InChI is InChI=1S/C17H34N4O/c1-6-7-9-18-17(19-12-16(22)20(4)5)21-10-8-15(13-21)11-14(2)3/h14-15H,6-13H2,1-5H3,(H,18,19). The summed E-state index contributed by atoms with van der Waals surface area (Å²) in [5.41, 5.74) is 0. The number of nitrogens with one attached hydrogen (secondary N) is 1. The second-order valence-corrected chi connectivity index (χ2v) is 6.94. The van der Waals surface area contributed by atoms with Crippen LogP contribution < -0.4 is 5.32 Å². The molecule has 0 aromatic rings. The zero-order chi connectivity index (χ0) is 16.5. The van der Waals surface area contributed by atoms with Crippen LogP contribution in [0.2, 0.25) is 0 Å². The summed E-state index contributed by atoms with van der Waals surface area (Å²) in [7, 11) is 3.55. The number of hydrogen-bond acceptors (Lipinski definition) is 2. The molecule has 1 fully saturated rings. The lowest BCUT2D eigenvalue weighted by Gasteiger charge is -2.23. The van der Waals surface area contributed by atoms with Crippen molar-refractivity contribution in [2.75, 3.05) is 40.3 Å². The van der Waals surface area contributed by atoms with E-state index in [0.717, 1.165) is 50.3 Å². The fraction of sp³-hybridized carbons (Fsp3) is 0.882. The van der Waals surface area contributed by atoms with E-state index in [1.54, 1.807) is 19.0 Å². The summed E-state index contributed by atoms with van der Waals surface area (Å²) in [5.74, 6) is 2.46. The van der Waals surface area contributed by atoms with Gasteiger partial charge in [-0.2, -0.15) is 0 Å². The number of nitrogens with zero attached hydrogens (tertiary/aromatic N) is 3. The lowest BCUT2D eigenvalue weighted by Crippen LogP contribution is -2.41. The fourth-order valence-corrected chi connectivity index (χ4v) is 2.81. The highest BCUT2D eigenvalue weighted by Gasteiger charge is 2.25. The largest absolute Gasteiger partial charge is 0.356 e. The third-order valence-electron chi connectivity index (χ3n) is 4.07. The van der Waals surface area contributed by atoms with Gasteiger partial charge in [-0.05, 0) is 31.1 Å². The van der Waals surface area contributed by atoms with Gasteiger partial charge in [0.15, 0.2) is 5.96 Å². The summed E-state index contributed by atoms with van der Waals surface area (Å²) < 4.78 is 0. The molecule has 1 rings (SSSR count). The van der Waals surface area contributed by atoms with E-state index in [4.69, 9.17) is 0 Å². The first-order valence-corrected chi connectivity index (χ1v) is 8.67. The van der Waals surface area contributed by atoms with Crippen LogP contribution in [0.1, 0.15) is 46.5 Å². The maximum absolute atomic E-state index is 11.8. The molecule has 1 saturated heterocycles. The predicted octanol–water partition coefficient (Wildman–Crippen LogP) is 2.19. The van der Waals surface area contributed by atoms with Gasteiger partial charge in [-0.1, -0.05) is 27.2 Å². The first-order valence-electron chi connectivity index (χ1n) is 8.67. The number of likely N-dealkylation sites (N-methyl/N-ethyl adjacent to an activating group) is 1. The highest BCUT2D eigenvalue weighted by atomic mass is 16.2. The first-order chi connectivity index (χ1) is 10.4. The van der Waals surface area contributed by atoms with Gasteiger partial charge in [0, 0.05) is 33.7 Å². The van der Waals surface area contributed by atoms with Crippen molar-refractivity contribution in [2.24, 2.45) is 16.8 Å². The van der Waals surface area contributed by atoms with Crippen molar-refractivity contribution < 1.29 is 4.79 Å². The smallest absolute Gasteiger partial charge is 0.243 e. The maximum Gasteiger partial charge on any atom is 0.243 e. The van der Waals surface area contributed by atoms with Crippen molar-refractivity contribution in [3.05, 3.63) is 0 Å². The number of unbranched alkanes of at least 4 members (excludes halogenated alkanes) is 1. The van der Waals surface area contributed by atoms with Gasteiger partial charge in [-0.3, -0.25) is 4.79 Å². The van der Waals surface area contributed by atoms with Crippen LogP contribution in [-0.4, -0.2) is 61.9 Å². The zero-order valence-electron chi connectivity index (χ0n) is 15.1. The molecule has 22 heavy (non-hydrogen) atoms. The van der Waals surface area contributed by atoms with E-state index in [1.165, 1.54) is 12.8 Å². The maximum atomic E-state index is 11.8. The third-order valence-corrected chi connectivity index (χ3v) is 4.07. The van der Waals surface area contributed by atoms with Crippen LogP contribution in [0.4, 0.5) is 0 Å². The Balaban J connectivity index is 2.61. The van der Waals surface area contributed by atoms with Gasteiger partial charge in [0.25, 0.3) is 0 Å². The number of rotatable bonds is 7. The summed E-state index contributed by atoms with van der Waals surface area (Å²) >= 11 is 0. The average molecular weight is 310 g/mol. The minimum Gasteiger partial charge on any atom is -0.356 e. The first kappa shape index (κ1) is 18.8. The molecule has 128 valence electrons. The topological polar surface area (TPSA) is 47.9 Å². The zero-order valence-corrected chi connectivity index (χ0v) is 15.1. The van der Waals surface area contributed by atoms with E-state index in [0.29, 0.717) is 0 Å². The van der Waals surface area contributed by atoms with Gasteiger partial charge >= 0.3 is 0 Å². The highest BCUT2D eigenvalue weighted by Crippen LogP contribution is 2.23. The molecule has 0 bridgehead atoms. The Morgan fingerprint density at radius 1 is 1.41 bits per heavy atom. The number of carbonyl (C=O) groups excluding carboxylic acids is 1. The molecule has 1 aliphatic heterocycles. The SMILES string of the molecule is CCCCNC(=NCC(=O)N(C)C)N1CCC(CC(C)C)C1. The van der Waals surface area contributed by atoms with E-state index < -0.39 is 0 Å². The molecule has 1 amide bonds. The molecule has 0 radical (unpaired) electrons. The molecule has 0 aromatic carbocycles. The van der Waals surface area contributed by atoms with E-state index in [2.05, 4.69) is 36.0 Å². The van der Waals surface area contributed by atoms with Crippen LogP contribution >= 0.6 is 0 Å². The summed E-state index contributed by atoms with van der Waals surface area (Å²) in [6.45, 7) is 10.0. The third kappa shape index (κ3) is 6.67. The summed E-state index contributed by atoms with van der Waals surface area (Å²) in [6.07, 6.45) is 4.79. The van der Waals surface area contributed by atoms with Gasteiger partial charge in [-0.25, -0.2) is 4.99 Å². The summed E-state index contributed by atoms with van der Waals surface area (Å²) in [5, 5.41) is 3.44.